The Hall–Kier alpha value is -2.64. The zero-order chi connectivity index (χ0) is 18.9. The monoisotopic (exact) mass is 364 g/mol. The van der Waals surface area contributed by atoms with Crippen molar-refractivity contribution in [2.75, 3.05) is 18.0 Å². The van der Waals surface area contributed by atoms with Crippen LogP contribution in [0.1, 0.15) is 25.5 Å². The molecule has 1 aliphatic heterocycles. The summed E-state index contributed by atoms with van der Waals surface area (Å²) in [4.78, 5) is 22.8. The number of pyridine rings is 1. The van der Waals surface area contributed by atoms with Crippen LogP contribution in [0.3, 0.4) is 0 Å². The lowest BCUT2D eigenvalue weighted by Crippen LogP contribution is -2.31. The van der Waals surface area contributed by atoms with Crippen LogP contribution in [0.25, 0.3) is 0 Å². The van der Waals surface area contributed by atoms with E-state index in [9.17, 15) is 18.0 Å². The fraction of sp³-hybridized carbons (Fsp3) is 0.389. The summed E-state index contributed by atoms with van der Waals surface area (Å²) in [6.07, 6.45) is 2.08. The number of carbonyl (C=O) groups excluding carboxylic acids is 1. The molecule has 2 aliphatic rings. The third-order valence-electron chi connectivity index (χ3n) is 4.55. The average molecular weight is 364 g/mol. The third kappa shape index (κ3) is 3.63. The van der Waals surface area contributed by atoms with Gasteiger partial charge in [0.15, 0.2) is 0 Å². The number of aliphatic imine (C=N–C) groups is 1. The fourth-order valence-electron chi connectivity index (χ4n) is 3.07. The van der Waals surface area contributed by atoms with Gasteiger partial charge in [0.25, 0.3) is 0 Å². The van der Waals surface area contributed by atoms with Crippen LogP contribution in [0.4, 0.5) is 23.7 Å². The molecule has 1 aromatic heterocycles. The van der Waals surface area contributed by atoms with E-state index in [1.807, 2.05) is 13.0 Å². The second kappa shape index (κ2) is 6.93. The van der Waals surface area contributed by atoms with E-state index in [2.05, 4.69) is 16.7 Å². The van der Waals surface area contributed by atoms with Crippen molar-refractivity contribution in [1.82, 2.24) is 9.88 Å². The molecule has 2 heterocycles. The van der Waals surface area contributed by atoms with E-state index in [1.165, 1.54) is 11.0 Å². The van der Waals surface area contributed by atoms with Crippen molar-refractivity contribution in [2.45, 2.75) is 25.9 Å². The zero-order valence-electron chi connectivity index (χ0n) is 14.3. The van der Waals surface area contributed by atoms with Gasteiger partial charge >= 0.3 is 12.2 Å². The highest BCUT2D eigenvalue weighted by atomic mass is 19.4. The maximum absolute atomic E-state index is 12.9. The Morgan fingerprint density at radius 1 is 1.38 bits per heavy atom. The van der Waals surface area contributed by atoms with Crippen LogP contribution in [-0.4, -0.2) is 35.7 Å². The number of amides is 2. The van der Waals surface area contributed by atoms with E-state index in [0.717, 1.165) is 36.4 Å². The van der Waals surface area contributed by atoms with E-state index in [1.54, 1.807) is 11.1 Å². The maximum Gasteiger partial charge on any atom is 0.433 e. The van der Waals surface area contributed by atoms with E-state index in [0.29, 0.717) is 19.0 Å². The lowest BCUT2D eigenvalue weighted by molar-refractivity contribution is -0.141. The van der Waals surface area contributed by atoms with Crippen LogP contribution in [0.15, 0.2) is 46.9 Å². The Labute approximate surface area is 149 Å². The third-order valence-corrected chi connectivity index (χ3v) is 4.55. The minimum atomic E-state index is -4.55. The summed E-state index contributed by atoms with van der Waals surface area (Å²) in [5.74, 6) is 0.396. The molecular weight excluding hydrogens is 345 g/mol. The van der Waals surface area contributed by atoms with Gasteiger partial charge in [-0.25, -0.2) is 4.79 Å². The number of halogens is 3. The summed E-state index contributed by atoms with van der Waals surface area (Å²) >= 11 is 0. The summed E-state index contributed by atoms with van der Waals surface area (Å²) in [5.41, 5.74) is 1.03. The average Bonchev–Trinajstić information content (AvgIpc) is 3.36. The first-order valence-electron chi connectivity index (χ1n) is 8.28. The molecule has 0 radical (unpaired) electrons. The van der Waals surface area contributed by atoms with Gasteiger partial charge < -0.3 is 0 Å². The molecule has 1 saturated carbocycles. The quantitative estimate of drug-likeness (QED) is 0.580. The lowest BCUT2D eigenvalue weighted by atomic mass is 10.1. The first-order valence-corrected chi connectivity index (χ1v) is 8.28. The molecule has 3 rings (SSSR count). The molecule has 0 unspecified atom stereocenters. The zero-order valence-corrected chi connectivity index (χ0v) is 14.3. The van der Waals surface area contributed by atoms with E-state index in [4.69, 9.17) is 0 Å². The van der Waals surface area contributed by atoms with Crippen molar-refractivity contribution in [1.29, 1.82) is 0 Å². The topological polar surface area (TPSA) is 48.8 Å². The molecule has 1 aromatic rings. The molecule has 0 N–H and O–H groups in total. The normalized spacial score (nSPS) is 19.3. The van der Waals surface area contributed by atoms with Crippen molar-refractivity contribution >= 4 is 18.4 Å². The molecule has 0 bridgehead atoms. The number of carbonyl (C=O) groups is 1. The van der Waals surface area contributed by atoms with Gasteiger partial charge in [0.05, 0.1) is 0 Å². The van der Waals surface area contributed by atoms with Crippen molar-refractivity contribution in [3.63, 3.8) is 0 Å². The number of allylic oxidation sites excluding steroid dienone is 3. The van der Waals surface area contributed by atoms with Crippen LogP contribution < -0.4 is 4.90 Å². The summed E-state index contributed by atoms with van der Waals surface area (Å²) < 4.78 is 38.6. The molecular formula is C18H19F3N4O. The SMILES string of the molecule is C=N/C=C\C(=C(/C)N1CCN(c2ccnc(C(F)(F)F)c2)C1=O)C1CC1. The Bertz CT molecular complexity index is 781. The Morgan fingerprint density at radius 3 is 2.73 bits per heavy atom. The molecule has 0 spiro atoms. The van der Waals surface area contributed by atoms with Gasteiger partial charge in [-0.3, -0.25) is 19.8 Å². The number of anilines is 1. The number of hydrogen-bond donors (Lipinski definition) is 0. The fourth-order valence-corrected chi connectivity index (χ4v) is 3.07. The predicted octanol–water partition coefficient (Wildman–Crippen LogP) is 4.24. The van der Waals surface area contributed by atoms with Crippen molar-refractivity contribution in [3.05, 3.63) is 47.6 Å². The molecule has 1 saturated heterocycles. The molecule has 1 aliphatic carbocycles. The Morgan fingerprint density at radius 2 is 2.12 bits per heavy atom. The summed E-state index contributed by atoms with van der Waals surface area (Å²) in [7, 11) is 0. The number of nitrogens with zero attached hydrogens (tertiary/aromatic N) is 4. The number of hydrogen-bond acceptors (Lipinski definition) is 3. The Balaban J connectivity index is 1.86. The standard InChI is InChI=1S/C18H19F3N4O/c1-12(15(6-7-22-2)13-3-4-13)24-9-10-25(17(24)26)14-5-8-23-16(11-14)18(19,20)21/h5-8,11,13H,2-4,9-10H2,1H3/b7-6-,15-12-. The summed E-state index contributed by atoms with van der Waals surface area (Å²) in [6.45, 7) is 6.01. The second-order valence-corrected chi connectivity index (χ2v) is 6.30. The van der Waals surface area contributed by atoms with Gasteiger partial charge in [0.2, 0.25) is 0 Å². The molecule has 5 nitrogen and oxygen atoms in total. The lowest BCUT2D eigenvalue weighted by Gasteiger charge is -2.21. The molecule has 2 fully saturated rings. The van der Waals surface area contributed by atoms with Crippen LogP contribution >= 0.6 is 0 Å². The first-order chi connectivity index (χ1) is 12.3. The maximum atomic E-state index is 12.9. The highest BCUT2D eigenvalue weighted by Crippen LogP contribution is 2.40. The van der Waals surface area contributed by atoms with Gasteiger partial charge in [-0.1, -0.05) is 0 Å². The van der Waals surface area contributed by atoms with Gasteiger partial charge in [0.1, 0.15) is 5.69 Å². The second-order valence-electron chi connectivity index (χ2n) is 6.30. The molecule has 2 amide bonds. The predicted molar refractivity (Wildman–Crippen MR) is 92.8 cm³/mol. The van der Waals surface area contributed by atoms with Gasteiger partial charge in [-0.2, -0.15) is 13.2 Å². The summed E-state index contributed by atoms with van der Waals surface area (Å²) in [6, 6.07) is 1.99. The molecule has 26 heavy (non-hydrogen) atoms. The molecule has 0 aromatic carbocycles. The highest BCUT2D eigenvalue weighted by molar-refractivity contribution is 5.95. The van der Waals surface area contributed by atoms with E-state index < -0.39 is 11.9 Å². The summed E-state index contributed by atoms with van der Waals surface area (Å²) in [5, 5.41) is 0. The number of alkyl halides is 3. The van der Waals surface area contributed by atoms with Gasteiger partial charge in [0, 0.05) is 36.9 Å². The largest absolute Gasteiger partial charge is 0.433 e. The van der Waals surface area contributed by atoms with E-state index >= 15 is 0 Å². The van der Waals surface area contributed by atoms with Crippen molar-refractivity contribution in [2.24, 2.45) is 10.9 Å². The number of aromatic nitrogens is 1. The first kappa shape index (κ1) is 18.2. The Kier molecular flexibility index (Phi) is 4.84. The van der Waals surface area contributed by atoms with Crippen LogP contribution in [-0.2, 0) is 6.18 Å². The van der Waals surface area contributed by atoms with E-state index in [-0.39, 0.29) is 11.7 Å². The van der Waals surface area contributed by atoms with Crippen molar-refractivity contribution in [3.8, 4) is 0 Å². The molecule has 0 atom stereocenters. The smallest absolute Gasteiger partial charge is 0.296 e. The number of rotatable bonds is 5. The van der Waals surface area contributed by atoms with Gasteiger partial charge in [-0.05, 0) is 56.2 Å². The molecule has 8 heteroatoms. The van der Waals surface area contributed by atoms with Gasteiger partial charge in [-0.15, -0.1) is 0 Å². The van der Waals surface area contributed by atoms with Crippen molar-refractivity contribution < 1.29 is 18.0 Å². The van der Waals surface area contributed by atoms with Crippen LogP contribution in [0, 0.1) is 5.92 Å². The minimum Gasteiger partial charge on any atom is -0.296 e. The highest BCUT2D eigenvalue weighted by Gasteiger charge is 2.37. The number of urea groups is 1. The minimum absolute atomic E-state index is 0.198. The van der Waals surface area contributed by atoms with Crippen LogP contribution in [0.5, 0.6) is 0 Å². The van der Waals surface area contributed by atoms with Crippen LogP contribution in [0.2, 0.25) is 0 Å². The molecule has 138 valence electrons.